The number of amides is 5. The predicted octanol–water partition coefficient (Wildman–Crippen LogP) is 2.05. The van der Waals surface area contributed by atoms with Crippen molar-refractivity contribution in [3.05, 3.63) is 0 Å². The van der Waals surface area contributed by atoms with Crippen LogP contribution < -0.4 is 27.0 Å². The number of aliphatic hydroxyl groups is 2. The van der Waals surface area contributed by atoms with Gasteiger partial charge in [-0.05, 0) is 39.0 Å². The highest BCUT2D eigenvalue weighted by Crippen LogP contribution is 2.60. The van der Waals surface area contributed by atoms with E-state index in [1.807, 2.05) is 0 Å². The summed E-state index contributed by atoms with van der Waals surface area (Å²) in [5, 5.41) is 37.4. The summed E-state index contributed by atoms with van der Waals surface area (Å²) < 4.78 is 229. The lowest BCUT2D eigenvalue weighted by atomic mass is 9.92. The quantitative estimate of drug-likeness (QED) is 0.0458. The van der Waals surface area contributed by atoms with Gasteiger partial charge >= 0.3 is 53.8 Å². The maximum atomic E-state index is 14.4. The maximum absolute atomic E-state index is 14.4. The fraction of sp³-hybridized carbons (Fsp3) is 0.818. The highest BCUT2D eigenvalue weighted by atomic mass is 19.4. The number of nitrogens with one attached hydrogen (secondary N) is 4. The highest BCUT2D eigenvalue weighted by molar-refractivity contribution is 5.92. The number of rotatable bonds is 26. The molecule has 9 N–H and O–H groups in total. The molecule has 33 heteroatoms. The Morgan fingerprint density at radius 1 is 0.758 bits per heavy atom. The second-order valence-electron chi connectivity index (χ2n) is 14.4. The Morgan fingerprint density at radius 2 is 1.30 bits per heavy atom. The van der Waals surface area contributed by atoms with E-state index in [9.17, 15) is 109 Å². The fourth-order valence-electron chi connectivity index (χ4n) is 5.67. The first-order valence-electron chi connectivity index (χ1n) is 18.7. The molecule has 0 unspecified atom stereocenters. The highest BCUT2D eigenvalue weighted by Gasteiger charge is 2.90. The minimum Gasteiger partial charge on any atom is -0.481 e. The Balaban J connectivity index is 3.33. The maximum Gasteiger partial charge on any atom is 0.471 e. The van der Waals surface area contributed by atoms with Crippen LogP contribution >= 0.6 is 0 Å². The van der Waals surface area contributed by atoms with Crippen LogP contribution in [0.25, 0.3) is 0 Å². The van der Waals surface area contributed by atoms with Crippen LogP contribution in [0.4, 0.5) is 70.2 Å². The van der Waals surface area contributed by atoms with Crippen molar-refractivity contribution in [3.63, 3.8) is 0 Å². The van der Waals surface area contributed by atoms with Crippen molar-refractivity contribution in [1.82, 2.24) is 21.3 Å². The monoisotopic (exact) mass is 1010 g/mol. The number of aliphatic carboxylic acids is 1. The molecule has 1 fully saturated rings. The first-order valence-corrected chi connectivity index (χ1v) is 18.7. The lowest BCUT2D eigenvalue weighted by Crippen LogP contribution is -2.70. The van der Waals surface area contributed by atoms with Crippen LogP contribution in [-0.2, 0) is 43.0 Å². The van der Waals surface area contributed by atoms with Gasteiger partial charge in [0.2, 0.25) is 23.6 Å². The minimum atomic E-state index is -8.14. The summed E-state index contributed by atoms with van der Waals surface area (Å²) in [6.07, 6.45) is -29.7. The third-order valence-electron chi connectivity index (χ3n) is 9.27. The van der Waals surface area contributed by atoms with Gasteiger partial charge in [-0.15, -0.1) is 0 Å². The molecule has 0 aliphatic carbocycles. The van der Waals surface area contributed by atoms with E-state index >= 15 is 0 Å². The Morgan fingerprint density at radius 3 is 1.79 bits per heavy atom. The van der Waals surface area contributed by atoms with E-state index in [1.165, 1.54) is 5.32 Å². The molecule has 1 aliphatic rings. The minimum absolute atomic E-state index is 0.255. The van der Waals surface area contributed by atoms with Gasteiger partial charge in [-0.25, -0.2) is 0 Å². The van der Waals surface area contributed by atoms with E-state index in [0.717, 1.165) is 13.8 Å². The molecule has 0 radical (unpaired) electrons. The largest absolute Gasteiger partial charge is 0.481 e. The van der Waals surface area contributed by atoms with E-state index in [-0.39, 0.29) is 12.8 Å². The molecule has 17 nitrogen and oxygen atoms in total. The lowest BCUT2D eigenvalue weighted by Gasteiger charge is -2.44. The number of carboxylic acids is 1. The molecule has 0 aromatic carbocycles. The van der Waals surface area contributed by atoms with Gasteiger partial charge in [0.1, 0.15) is 42.5 Å². The summed E-state index contributed by atoms with van der Waals surface area (Å²) in [6, 6.07) is -5.39. The van der Waals surface area contributed by atoms with Gasteiger partial charge in [-0.3, -0.25) is 28.8 Å². The second-order valence-corrected chi connectivity index (χ2v) is 14.4. The molecule has 0 saturated carbocycles. The normalized spacial score (nSPS) is 21.5. The van der Waals surface area contributed by atoms with Gasteiger partial charge < -0.3 is 56.5 Å². The number of nitrogens with two attached hydrogens (primary N) is 1. The number of primary amides is 1. The van der Waals surface area contributed by atoms with Crippen molar-refractivity contribution in [1.29, 1.82) is 0 Å². The average Bonchev–Trinajstić information content (AvgIpc) is 3.17. The molecule has 0 bridgehead atoms. The smallest absolute Gasteiger partial charge is 0.471 e. The molecule has 1 aliphatic heterocycles. The SMILES string of the molecule is CC(=O)N[C@H]1[C@@H](OCCCC(F)(F)C(F)(F)C(F)(F)C(F)(F)C(F)(F)C(F)(F)F)O[C@H](CO)[C@@H](O)[C@@H]1O[C@H](C)C(=O)N[C@@H](CCCCNC(=O)C(F)(F)F)C(=O)N[C@H](CCC(=O)O)C(N)=O. The van der Waals surface area contributed by atoms with Crippen molar-refractivity contribution in [2.45, 2.75) is 150 Å². The molecule has 1 saturated heterocycles. The van der Waals surface area contributed by atoms with Crippen molar-refractivity contribution in [3.8, 4) is 0 Å². The number of carbonyl (C=O) groups is 6. The van der Waals surface area contributed by atoms with Gasteiger partial charge in [0.25, 0.3) is 0 Å². The van der Waals surface area contributed by atoms with Crippen LogP contribution in [0.3, 0.4) is 0 Å². The zero-order valence-corrected chi connectivity index (χ0v) is 33.8. The number of unbranched alkanes of at least 4 members (excludes halogenated alkanes) is 1. The van der Waals surface area contributed by atoms with Gasteiger partial charge in [-0.1, -0.05) is 0 Å². The van der Waals surface area contributed by atoms with Crippen LogP contribution in [0.15, 0.2) is 0 Å². The number of hydrogen-bond acceptors (Lipinski definition) is 11. The fourth-order valence-corrected chi connectivity index (χ4v) is 5.67. The van der Waals surface area contributed by atoms with E-state index in [0.29, 0.717) is 0 Å². The molecular formula is C33H43F16N5O12. The third kappa shape index (κ3) is 14.7. The van der Waals surface area contributed by atoms with Gasteiger partial charge in [0.05, 0.1) is 13.2 Å². The molecule has 0 aromatic rings. The Labute approximate surface area is 360 Å². The standard InChI is InChI=1S/C33H43F16N5O12/c1-13(23(61)54-16(6-3-4-10-51-26(63)28(36,37)38)24(62)53-15(22(50)60)7-8-18(57)58)65-21-19(52-14(2)56)25(66-17(12-55)20(21)59)64-11-5-9-27(34,35)29(39,40)30(41,42)31(43,44)32(45,46)33(47,48)49/h13,15-17,19-21,25,55,59H,3-12H2,1-2H3,(H2,50,60)(H,51,63)(H,52,56)(H,53,62)(H,54,61)(H,57,58)/t13-,15-,16+,17-,19-,20-,21-,25+/m1/s1. The van der Waals surface area contributed by atoms with Crippen LogP contribution in [-0.4, -0.2) is 161 Å². The number of ether oxygens (including phenoxy) is 3. The zero-order valence-electron chi connectivity index (χ0n) is 33.8. The third-order valence-corrected chi connectivity index (χ3v) is 9.27. The molecule has 8 atom stereocenters. The topological polar surface area (TPSA) is 265 Å². The Hall–Kier alpha value is -4.50. The predicted molar refractivity (Wildman–Crippen MR) is 183 cm³/mol. The van der Waals surface area contributed by atoms with E-state index in [1.54, 1.807) is 0 Å². The molecule has 0 spiro atoms. The first-order chi connectivity index (χ1) is 29.8. The molecule has 384 valence electrons. The number of carbonyl (C=O) groups excluding carboxylic acids is 5. The van der Waals surface area contributed by atoms with Crippen LogP contribution in [0, 0.1) is 0 Å². The molecule has 66 heavy (non-hydrogen) atoms. The van der Waals surface area contributed by atoms with Crippen LogP contribution in [0.2, 0.25) is 0 Å². The molecular weight excluding hydrogens is 962 g/mol. The van der Waals surface area contributed by atoms with E-state index in [4.69, 9.17) is 25.1 Å². The van der Waals surface area contributed by atoms with Gasteiger partial charge in [0.15, 0.2) is 6.29 Å². The van der Waals surface area contributed by atoms with Crippen LogP contribution in [0.1, 0.15) is 58.8 Å². The second kappa shape index (κ2) is 23.0. The number of aliphatic hydroxyl groups excluding tert-OH is 2. The number of hydrogen-bond donors (Lipinski definition) is 8. The van der Waals surface area contributed by atoms with Crippen molar-refractivity contribution >= 4 is 35.5 Å². The molecule has 0 aromatic heterocycles. The van der Waals surface area contributed by atoms with Crippen molar-refractivity contribution < 1.29 is 129 Å². The van der Waals surface area contributed by atoms with Gasteiger partial charge in [0, 0.05) is 26.3 Å². The lowest BCUT2D eigenvalue weighted by molar-refractivity contribution is -0.440. The van der Waals surface area contributed by atoms with Crippen molar-refractivity contribution in [2.24, 2.45) is 5.73 Å². The van der Waals surface area contributed by atoms with E-state index < -0.39 is 178 Å². The summed E-state index contributed by atoms with van der Waals surface area (Å²) in [6.45, 7) is -1.57. The van der Waals surface area contributed by atoms with Gasteiger partial charge in [-0.2, -0.15) is 70.2 Å². The summed E-state index contributed by atoms with van der Waals surface area (Å²) in [7, 11) is 0. The number of halogens is 16. The summed E-state index contributed by atoms with van der Waals surface area (Å²) >= 11 is 0. The Bertz CT molecular complexity index is 1690. The first kappa shape index (κ1) is 59.5. The molecule has 1 heterocycles. The summed E-state index contributed by atoms with van der Waals surface area (Å²) in [5.41, 5.74) is 5.20. The Kier molecular flexibility index (Phi) is 20.7. The number of alkyl halides is 16. The van der Waals surface area contributed by atoms with Crippen molar-refractivity contribution in [2.75, 3.05) is 19.8 Å². The molecule has 1 rings (SSSR count). The summed E-state index contributed by atoms with van der Waals surface area (Å²) in [5.74, 6) is -46.9. The number of carboxylic acid groups (broad SMARTS) is 1. The average molecular weight is 1010 g/mol. The molecule has 5 amide bonds. The zero-order chi connectivity index (χ0) is 51.6. The summed E-state index contributed by atoms with van der Waals surface area (Å²) in [4.78, 5) is 72.7. The van der Waals surface area contributed by atoms with E-state index in [2.05, 4.69) is 16.0 Å². The van der Waals surface area contributed by atoms with Crippen LogP contribution in [0.5, 0.6) is 0 Å².